The smallest absolute Gasteiger partial charge is 0.148 e. The molecular formula is C13H21N3. The van der Waals surface area contributed by atoms with Crippen LogP contribution in [0.2, 0.25) is 0 Å². The molecule has 1 fully saturated rings. The van der Waals surface area contributed by atoms with Gasteiger partial charge in [-0.05, 0) is 37.3 Å². The minimum atomic E-state index is 0.366. The summed E-state index contributed by atoms with van der Waals surface area (Å²) in [5.41, 5.74) is 1.33. The fourth-order valence-corrected chi connectivity index (χ4v) is 2.42. The van der Waals surface area contributed by atoms with Crippen molar-refractivity contribution in [2.45, 2.75) is 52.5 Å². The van der Waals surface area contributed by atoms with E-state index in [4.69, 9.17) is 0 Å². The lowest BCUT2D eigenvalue weighted by molar-refractivity contribution is 0.216. The predicted octanol–water partition coefficient (Wildman–Crippen LogP) is 3.17. The van der Waals surface area contributed by atoms with E-state index in [1.54, 1.807) is 0 Å². The van der Waals surface area contributed by atoms with E-state index in [0.717, 1.165) is 11.5 Å². The van der Waals surface area contributed by atoms with Gasteiger partial charge in [0.2, 0.25) is 0 Å². The van der Waals surface area contributed by atoms with Crippen LogP contribution in [-0.4, -0.2) is 16.2 Å². The molecule has 1 saturated carbocycles. The second kappa shape index (κ2) is 4.40. The van der Waals surface area contributed by atoms with Crippen LogP contribution in [0.4, 0.5) is 5.82 Å². The van der Waals surface area contributed by atoms with Gasteiger partial charge < -0.3 is 5.32 Å². The van der Waals surface area contributed by atoms with Gasteiger partial charge in [0.05, 0.1) is 5.69 Å². The van der Waals surface area contributed by atoms with Crippen LogP contribution in [0.1, 0.15) is 45.2 Å². The topological polar surface area (TPSA) is 37.8 Å². The standard InChI is InChI=1S/C13H21N3/c1-10-7-8-12(16-15-10)14-11-6-4-5-9-13(11,2)3/h7-8,11H,4-6,9H2,1-3H3,(H,14,16). The Morgan fingerprint density at radius 3 is 2.69 bits per heavy atom. The van der Waals surface area contributed by atoms with Gasteiger partial charge in [-0.25, -0.2) is 0 Å². The van der Waals surface area contributed by atoms with E-state index in [1.807, 2.05) is 19.1 Å². The zero-order valence-corrected chi connectivity index (χ0v) is 10.5. The summed E-state index contributed by atoms with van der Waals surface area (Å²) in [7, 11) is 0. The molecule has 2 rings (SSSR count). The normalized spacial score (nSPS) is 24.1. The lowest BCUT2D eigenvalue weighted by atomic mass is 9.73. The third-order valence-electron chi connectivity index (χ3n) is 3.63. The molecule has 0 saturated heterocycles. The Morgan fingerprint density at radius 2 is 2.06 bits per heavy atom. The highest BCUT2D eigenvalue weighted by Gasteiger charge is 2.32. The maximum atomic E-state index is 4.18. The molecule has 0 amide bonds. The van der Waals surface area contributed by atoms with Gasteiger partial charge in [0, 0.05) is 6.04 Å². The van der Waals surface area contributed by atoms with Crippen LogP contribution in [0, 0.1) is 12.3 Å². The summed E-state index contributed by atoms with van der Waals surface area (Å²) in [6, 6.07) is 4.55. The number of aromatic nitrogens is 2. The summed E-state index contributed by atoms with van der Waals surface area (Å²) in [4.78, 5) is 0. The summed E-state index contributed by atoms with van der Waals surface area (Å²) >= 11 is 0. The molecule has 0 aliphatic heterocycles. The molecule has 0 bridgehead atoms. The molecule has 1 aliphatic rings. The third kappa shape index (κ3) is 2.52. The molecule has 0 spiro atoms. The lowest BCUT2D eigenvalue weighted by Crippen LogP contribution is -2.39. The molecule has 1 unspecified atom stereocenters. The molecule has 0 aromatic carbocycles. The molecule has 1 atom stereocenters. The van der Waals surface area contributed by atoms with Crippen LogP contribution in [0.25, 0.3) is 0 Å². The van der Waals surface area contributed by atoms with Crippen LogP contribution in [-0.2, 0) is 0 Å². The van der Waals surface area contributed by atoms with Gasteiger partial charge in [-0.2, -0.15) is 5.10 Å². The zero-order chi connectivity index (χ0) is 11.6. The SMILES string of the molecule is Cc1ccc(NC2CCCCC2(C)C)nn1. The molecule has 1 aliphatic carbocycles. The Hall–Kier alpha value is -1.12. The Kier molecular flexibility index (Phi) is 3.13. The fourth-order valence-electron chi connectivity index (χ4n) is 2.42. The highest BCUT2D eigenvalue weighted by atomic mass is 15.2. The van der Waals surface area contributed by atoms with Crippen LogP contribution in [0.15, 0.2) is 12.1 Å². The van der Waals surface area contributed by atoms with E-state index >= 15 is 0 Å². The molecule has 1 N–H and O–H groups in total. The molecule has 3 nitrogen and oxygen atoms in total. The van der Waals surface area contributed by atoms with Gasteiger partial charge in [-0.15, -0.1) is 5.10 Å². The van der Waals surface area contributed by atoms with Crippen LogP contribution in [0.5, 0.6) is 0 Å². The van der Waals surface area contributed by atoms with E-state index in [0.29, 0.717) is 11.5 Å². The second-order valence-corrected chi connectivity index (χ2v) is 5.49. The second-order valence-electron chi connectivity index (χ2n) is 5.49. The zero-order valence-electron chi connectivity index (χ0n) is 10.5. The van der Waals surface area contributed by atoms with Gasteiger partial charge in [0.25, 0.3) is 0 Å². The van der Waals surface area contributed by atoms with Gasteiger partial charge >= 0.3 is 0 Å². The maximum absolute atomic E-state index is 4.18. The number of anilines is 1. The van der Waals surface area contributed by atoms with Gasteiger partial charge in [0.15, 0.2) is 0 Å². The largest absolute Gasteiger partial charge is 0.365 e. The van der Waals surface area contributed by atoms with Crippen LogP contribution >= 0.6 is 0 Å². The summed E-state index contributed by atoms with van der Waals surface area (Å²) < 4.78 is 0. The molecule has 0 radical (unpaired) electrons. The van der Waals surface area contributed by atoms with Gasteiger partial charge in [-0.3, -0.25) is 0 Å². The molecule has 16 heavy (non-hydrogen) atoms. The molecular weight excluding hydrogens is 198 g/mol. The van der Waals surface area contributed by atoms with Crippen LogP contribution in [0.3, 0.4) is 0 Å². The van der Waals surface area contributed by atoms with Crippen molar-refractivity contribution in [3.63, 3.8) is 0 Å². The predicted molar refractivity (Wildman–Crippen MR) is 66.4 cm³/mol. The van der Waals surface area contributed by atoms with E-state index < -0.39 is 0 Å². The average Bonchev–Trinajstić information content (AvgIpc) is 2.24. The van der Waals surface area contributed by atoms with Crippen molar-refractivity contribution in [2.75, 3.05) is 5.32 Å². The maximum Gasteiger partial charge on any atom is 0.148 e. The fraction of sp³-hybridized carbons (Fsp3) is 0.692. The summed E-state index contributed by atoms with van der Waals surface area (Å²) in [5.74, 6) is 0.908. The highest BCUT2D eigenvalue weighted by Crippen LogP contribution is 2.36. The minimum absolute atomic E-state index is 0.366. The molecule has 1 aromatic heterocycles. The van der Waals surface area contributed by atoms with Crippen molar-refractivity contribution in [3.8, 4) is 0 Å². The van der Waals surface area contributed by atoms with Crippen molar-refractivity contribution >= 4 is 5.82 Å². The van der Waals surface area contributed by atoms with E-state index in [1.165, 1.54) is 25.7 Å². The van der Waals surface area contributed by atoms with Gasteiger partial charge in [-0.1, -0.05) is 26.7 Å². The number of rotatable bonds is 2. The first-order valence-corrected chi connectivity index (χ1v) is 6.15. The minimum Gasteiger partial charge on any atom is -0.365 e. The summed E-state index contributed by atoms with van der Waals surface area (Å²) in [6.45, 7) is 6.64. The molecule has 88 valence electrons. The first-order chi connectivity index (χ1) is 7.58. The molecule has 1 heterocycles. The summed E-state index contributed by atoms with van der Waals surface area (Å²) in [5, 5.41) is 11.8. The number of nitrogens with one attached hydrogen (secondary N) is 1. The van der Waals surface area contributed by atoms with Gasteiger partial charge in [0.1, 0.15) is 5.82 Å². The lowest BCUT2D eigenvalue weighted by Gasteiger charge is -2.39. The number of nitrogens with zero attached hydrogens (tertiary/aromatic N) is 2. The average molecular weight is 219 g/mol. The Morgan fingerprint density at radius 1 is 1.25 bits per heavy atom. The first-order valence-electron chi connectivity index (χ1n) is 6.15. The first kappa shape index (κ1) is 11.4. The highest BCUT2D eigenvalue weighted by molar-refractivity contribution is 5.35. The van der Waals surface area contributed by atoms with Crippen molar-refractivity contribution in [2.24, 2.45) is 5.41 Å². The quantitative estimate of drug-likeness (QED) is 0.830. The molecule has 1 aromatic rings. The number of hydrogen-bond donors (Lipinski definition) is 1. The Balaban J connectivity index is 2.05. The Bertz CT molecular complexity index is 343. The van der Waals surface area contributed by atoms with E-state index in [-0.39, 0.29) is 0 Å². The van der Waals surface area contributed by atoms with E-state index in [2.05, 4.69) is 29.4 Å². The monoisotopic (exact) mass is 219 g/mol. The van der Waals surface area contributed by atoms with Crippen molar-refractivity contribution in [3.05, 3.63) is 17.8 Å². The molecule has 3 heteroatoms. The van der Waals surface area contributed by atoms with Crippen LogP contribution < -0.4 is 5.32 Å². The number of aryl methyl sites for hydroxylation is 1. The van der Waals surface area contributed by atoms with Crippen molar-refractivity contribution in [1.29, 1.82) is 0 Å². The Labute approximate surface area is 97.7 Å². The number of hydrogen-bond acceptors (Lipinski definition) is 3. The third-order valence-corrected chi connectivity index (χ3v) is 3.63. The van der Waals surface area contributed by atoms with Crippen molar-refractivity contribution in [1.82, 2.24) is 10.2 Å². The van der Waals surface area contributed by atoms with E-state index in [9.17, 15) is 0 Å². The van der Waals surface area contributed by atoms with Crippen molar-refractivity contribution < 1.29 is 0 Å². The summed E-state index contributed by atoms with van der Waals surface area (Å²) in [6.07, 6.45) is 5.21.